The molecule has 0 saturated heterocycles. The minimum absolute atomic E-state index is 0.0935. The molecule has 0 amide bonds. The number of esters is 3. The topological polar surface area (TPSA) is 78.9 Å². The first-order valence-corrected chi connectivity index (χ1v) is 25.4. The molecule has 0 fully saturated rings. The number of carbonyl (C=O) groups is 3. The summed E-state index contributed by atoms with van der Waals surface area (Å²) in [5.74, 6) is -0.934. The first-order valence-electron chi connectivity index (χ1n) is 25.4. The van der Waals surface area contributed by atoms with Gasteiger partial charge in [-0.05, 0) is 103 Å². The zero-order valence-corrected chi connectivity index (χ0v) is 39.9. The van der Waals surface area contributed by atoms with Gasteiger partial charge in [-0.25, -0.2) is 0 Å². The normalized spacial score (nSPS) is 12.6. The smallest absolute Gasteiger partial charge is 0.306 e. The van der Waals surface area contributed by atoms with Crippen molar-refractivity contribution in [3.05, 3.63) is 72.9 Å². The van der Waals surface area contributed by atoms with E-state index in [1.165, 1.54) is 64.2 Å². The highest BCUT2D eigenvalue weighted by atomic mass is 16.6. The Labute approximate surface area is 376 Å². The second-order valence-electron chi connectivity index (χ2n) is 16.7. The van der Waals surface area contributed by atoms with Gasteiger partial charge in [-0.1, -0.05) is 190 Å². The molecule has 0 rings (SSSR count). The van der Waals surface area contributed by atoms with E-state index >= 15 is 0 Å². The molecule has 0 aliphatic carbocycles. The summed E-state index contributed by atoms with van der Waals surface area (Å²) in [6.45, 7) is 6.49. The fraction of sp³-hybridized carbons (Fsp3) is 0.727. The average molecular weight is 851 g/mol. The number of unbranched alkanes of at least 4 members (excludes halogenated alkanes) is 22. The maximum atomic E-state index is 12.8. The molecule has 350 valence electrons. The van der Waals surface area contributed by atoms with E-state index in [1.807, 2.05) is 0 Å². The number of allylic oxidation sites excluding steroid dienone is 12. The summed E-state index contributed by atoms with van der Waals surface area (Å²) in [7, 11) is 0. The quantitative estimate of drug-likeness (QED) is 0.0263. The maximum absolute atomic E-state index is 12.8. The van der Waals surface area contributed by atoms with E-state index in [9.17, 15) is 14.4 Å². The van der Waals surface area contributed by atoms with Crippen LogP contribution < -0.4 is 0 Å². The molecular formula is C55H94O6. The molecule has 0 heterocycles. The van der Waals surface area contributed by atoms with Crippen LogP contribution in [0.1, 0.15) is 239 Å². The third-order valence-corrected chi connectivity index (χ3v) is 10.7. The predicted octanol–water partition coefficient (Wildman–Crippen LogP) is 16.6. The van der Waals surface area contributed by atoms with Gasteiger partial charge < -0.3 is 14.2 Å². The van der Waals surface area contributed by atoms with Gasteiger partial charge >= 0.3 is 17.9 Å². The lowest BCUT2D eigenvalue weighted by Gasteiger charge is -2.18. The van der Waals surface area contributed by atoms with Crippen molar-refractivity contribution in [3.8, 4) is 0 Å². The molecular weight excluding hydrogens is 757 g/mol. The molecule has 0 spiro atoms. The number of hydrogen-bond donors (Lipinski definition) is 0. The third kappa shape index (κ3) is 47.7. The minimum atomic E-state index is -0.793. The van der Waals surface area contributed by atoms with Crippen molar-refractivity contribution in [1.82, 2.24) is 0 Å². The van der Waals surface area contributed by atoms with E-state index in [0.29, 0.717) is 19.3 Å². The van der Waals surface area contributed by atoms with Crippen molar-refractivity contribution >= 4 is 17.9 Å². The van der Waals surface area contributed by atoms with E-state index in [-0.39, 0.29) is 31.1 Å². The Morgan fingerprint density at radius 3 is 0.951 bits per heavy atom. The minimum Gasteiger partial charge on any atom is -0.462 e. The molecule has 0 saturated carbocycles. The van der Waals surface area contributed by atoms with E-state index in [2.05, 4.69) is 93.7 Å². The highest BCUT2D eigenvalue weighted by Crippen LogP contribution is 2.13. The molecule has 0 aliphatic heterocycles. The van der Waals surface area contributed by atoms with Crippen molar-refractivity contribution in [3.63, 3.8) is 0 Å². The molecule has 6 heteroatoms. The zero-order chi connectivity index (χ0) is 44.4. The molecule has 1 atom stereocenters. The lowest BCUT2D eigenvalue weighted by molar-refractivity contribution is -0.167. The van der Waals surface area contributed by atoms with Gasteiger partial charge in [-0.3, -0.25) is 14.4 Å². The van der Waals surface area contributed by atoms with Crippen LogP contribution in [0.15, 0.2) is 72.9 Å². The van der Waals surface area contributed by atoms with Crippen LogP contribution in [0.2, 0.25) is 0 Å². The van der Waals surface area contributed by atoms with Gasteiger partial charge in [0.25, 0.3) is 0 Å². The van der Waals surface area contributed by atoms with Crippen LogP contribution in [-0.4, -0.2) is 37.2 Å². The van der Waals surface area contributed by atoms with E-state index in [1.54, 1.807) is 0 Å². The van der Waals surface area contributed by atoms with Crippen LogP contribution in [0, 0.1) is 0 Å². The average Bonchev–Trinajstić information content (AvgIpc) is 3.26. The monoisotopic (exact) mass is 851 g/mol. The van der Waals surface area contributed by atoms with Crippen molar-refractivity contribution < 1.29 is 28.6 Å². The van der Waals surface area contributed by atoms with Crippen molar-refractivity contribution in [2.24, 2.45) is 0 Å². The van der Waals surface area contributed by atoms with E-state index < -0.39 is 6.10 Å². The summed E-state index contributed by atoms with van der Waals surface area (Å²) in [5, 5.41) is 0. The van der Waals surface area contributed by atoms with Crippen LogP contribution in [0.3, 0.4) is 0 Å². The first-order chi connectivity index (χ1) is 30.0. The summed E-state index contributed by atoms with van der Waals surface area (Å²) in [4.78, 5) is 37.9. The molecule has 0 radical (unpaired) electrons. The summed E-state index contributed by atoms with van der Waals surface area (Å²) < 4.78 is 16.8. The number of carbonyl (C=O) groups excluding carboxylic acids is 3. The van der Waals surface area contributed by atoms with Crippen LogP contribution in [0.5, 0.6) is 0 Å². The van der Waals surface area contributed by atoms with Crippen molar-refractivity contribution in [1.29, 1.82) is 0 Å². The molecule has 6 nitrogen and oxygen atoms in total. The molecule has 0 N–H and O–H groups in total. The molecule has 0 aliphatic rings. The van der Waals surface area contributed by atoms with Crippen LogP contribution in [0.25, 0.3) is 0 Å². The SMILES string of the molecule is CCCC/C=C/C/C=C/CCCCCCCC(=O)OC[C@H](COC(=O)CCCCCCC/C=C/C/C=C/CCCCC)OC(=O)CCCCCCC/C=C/C/C=C/CCCC. The van der Waals surface area contributed by atoms with Crippen LogP contribution in [-0.2, 0) is 28.6 Å². The Morgan fingerprint density at radius 2 is 0.607 bits per heavy atom. The predicted molar refractivity (Wildman–Crippen MR) is 261 cm³/mol. The highest BCUT2D eigenvalue weighted by Gasteiger charge is 2.19. The summed E-state index contributed by atoms with van der Waals surface area (Å²) in [5.41, 5.74) is 0. The number of hydrogen-bond acceptors (Lipinski definition) is 6. The second kappa shape index (κ2) is 49.5. The Balaban J connectivity index is 4.46. The van der Waals surface area contributed by atoms with E-state index in [4.69, 9.17) is 14.2 Å². The summed E-state index contributed by atoms with van der Waals surface area (Å²) in [6, 6.07) is 0. The van der Waals surface area contributed by atoms with Gasteiger partial charge in [0.1, 0.15) is 13.2 Å². The van der Waals surface area contributed by atoms with Gasteiger partial charge in [0.15, 0.2) is 6.10 Å². The maximum Gasteiger partial charge on any atom is 0.306 e. The summed E-state index contributed by atoms with van der Waals surface area (Å²) >= 11 is 0. The largest absolute Gasteiger partial charge is 0.462 e. The Hall–Kier alpha value is -3.15. The molecule has 0 aromatic heterocycles. The molecule has 0 aromatic rings. The zero-order valence-electron chi connectivity index (χ0n) is 39.9. The van der Waals surface area contributed by atoms with Crippen molar-refractivity contribution in [2.75, 3.05) is 13.2 Å². The van der Waals surface area contributed by atoms with Gasteiger partial charge in [0.2, 0.25) is 0 Å². The lowest BCUT2D eigenvalue weighted by Crippen LogP contribution is -2.30. The van der Waals surface area contributed by atoms with Gasteiger partial charge in [-0.2, -0.15) is 0 Å². The highest BCUT2D eigenvalue weighted by molar-refractivity contribution is 5.71. The number of ether oxygens (including phenoxy) is 3. The standard InChI is InChI=1S/C55H94O6/c1-4-7-10-13-16-19-22-25-28-31-33-36-39-42-45-48-54(57)60-51-52(61-55(58)49-46-43-40-37-34-30-27-24-21-18-15-12-9-6-3)50-59-53(56)47-44-41-38-35-32-29-26-23-20-17-14-11-8-5-2/h14-19,23-28,52H,4-13,20-22,29-51H2,1-3H3/b17-14+,18-15+,19-16+,26-23+,27-24+,28-25+/t52-/m1/s1. The fourth-order valence-corrected chi connectivity index (χ4v) is 6.74. The Kier molecular flexibility index (Phi) is 46.9. The van der Waals surface area contributed by atoms with Gasteiger partial charge in [-0.15, -0.1) is 0 Å². The molecule has 0 aromatic carbocycles. The van der Waals surface area contributed by atoms with Crippen LogP contribution >= 0.6 is 0 Å². The van der Waals surface area contributed by atoms with Gasteiger partial charge in [0, 0.05) is 19.3 Å². The third-order valence-electron chi connectivity index (χ3n) is 10.7. The molecule has 0 bridgehead atoms. The van der Waals surface area contributed by atoms with Crippen molar-refractivity contribution in [2.45, 2.75) is 245 Å². The van der Waals surface area contributed by atoms with Crippen LogP contribution in [0.4, 0.5) is 0 Å². The van der Waals surface area contributed by atoms with E-state index in [0.717, 1.165) is 135 Å². The number of rotatable bonds is 45. The molecule has 61 heavy (non-hydrogen) atoms. The first kappa shape index (κ1) is 57.9. The van der Waals surface area contributed by atoms with Gasteiger partial charge in [0.05, 0.1) is 0 Å². The Bertz CT molecular complexity index is 1160. The second-order valence-corrected chi connectivity index (χ2v) is 16.7. The Morgan fingerprint density at radius 1 is 0.328 bits per heavy atom. The fourth-order valence-electron chi connectivity index (χ4n) is 6.74. The molecule has 0 unspecified atom stereocenters. The summed E-state index contributed by atoms with van der Waals surface area (Å²) in [6.07, 6.45) is 61.6. The lowest BCUT2D eigenvalue weighted by atomic mass is 10.1.